The highest BCUT2D eigenvalue weighted by atomic mass is 32.1. The second-order valence-electron chi connectivity index (χ2n) is 5.30. The Morgan fingerprint density at radius 3 is 2.78 bits per heavy atom. The van der Waals surface area contributed by atoms with Gasteiger partial charge in [0, 0.05) is 31.6 Å². The molecule has 1 N–H and O–H groups in total. The van der Waals surface area contributed by atoms with Crippen LogP contribution in [0.5, 0.6) is 5.75 Å². The fraction of sp³-hybridized carbons (Fsp3) is 0.167. The number of ether oxygens (including phenoxy) is 1. The van der Waals surface area contributed by atoms with Gasteiger partial charge in [-0.15, -0.1) is 22.7 Å². The molecule has 0 spiro atoms. The summed E-state index contributed by atoms with van der Waals surface area (Å²) in [7, 11) is 1.69. The Kier molecular flexibility index (Phi) is 3.47. The van der Waals surface area contributed by atoms with Gasteiger partial charge in [-0.2, -0.15) is 0 Å². The average Bonchev–Trinajstić information content (AvgIpc) is 3.23. The minimum Gasteiger partial charge on any atom is -0.496 e. The molecule has 0 saturated heterocycles. The van der Waals surface area contributed by atoms with Crippen LogP contribution >= 0.6 is 22.7 Å². The Bertz CT molecular complexity index is 1070. The van der Waals surface area contributed by atoms with Crippen LogP contribution in [0.25, 0.3) is 31.4 Å². The lowest BCUT2D eigenvalue weighted by molar-refractivity contribution is 0.417. The van der Waals surface area contributed by atoms with Crippen molar-refractivity contribution in [2.24, 2.45) is 0 Å². The van der Waals surface area contributed by atoms with Gasteiger partial charge in [-0.05, 0) is 42.1 Å². The van der Waals surface area contributed by atoms with Crippen molar-refractivity contribution in [2.75, 3.05) is 7.11 Å². The quantitative estimate of drug-likeness (QED) is 0.567. The Morgan fingerprint density at radius 2 is 2.04 bits per heavy atom. The van der Waals surface area contributed by atoms with Crippen molar-refractivity contribution >= 4 is 43.7 Å². The molecule has 0 fully saturated rings. The number of aromatic amines is 1. The number of H-pyrrole nitrogens is 1. The van der Waals surface area contributed by atoms with E-state index in [0.717, 1.165) is 38.7 Å². The number of nitrogens with one attached hydrogen (secondary N) is 1. The van der Waals surface area contributed by atoms with Crippen molar-refractivity contribution in [1.29, 1.82) is 0 Å². The molecule has 4 rings (SSSR count). The molecule has 0 aliphatic rings. The number of rotatable bonds is 3. The molecule has 3 nitrogen and oxygen atoms in total. The number of hydrogen-bond donors (Lipinski definition) is 1. The number of aromatic nitrogens is 1. The van der Waals surface area contributed by atoms with E-state index in [-0.39, 0.29) is 5.56 Å². The molecule has 23 heavy (non-hydrogen) atoms. The van der Waals surface area contributed by atoms with Crippen molar-refractivity contribution in [1.82, 2.24) is 4.98 Å². The topological polar surface area (TPSA) is 42.1 Å². The van der Waals surface area contributed by atoms with Gasteiger partial charge < -0.3 is 9.72 Å². The molecule has 5 heteroatoms. The van der Waals surface area contributed by atoms with Crippen LogP contribution in [0.1, 0.15) is 11.8 Å². The summed E-state index contributed by atoms with van der Waals surface area (Å²) in [5.74, 6) is 0.835. The first-order valence-corrected chi connectivity index (χ1v) is 9.11. The number of aryl methyl sites for hydroxylation is 1. The molecular weight excluding hydrogens is 326 g/mol. The summed E-state index contributed by atoms with van der Waals surface area (Å²) in [6.07, 6.45) is 1.02. The van der Waals surface area contributed by atoms with Crippen molar-refractivity contribution in [3.63, 3.8) is 0 Å². The first-order chi connectivity index (χ1) is 11.2. The average molecular weight is 341 g/mol. The molecule has 0 amide bonds. The zero-order valence-corrected chi connectivity index (χ0v) is 14.4. The van der Waals surface area contributed by atoms with Crippen LogP contribution in [0, 0.1) is 0 Å². The number of hydrogen-bond acceptors (Lipinski definition) is 4. The van der Waals surface area contributed by atoms with Gasteiger partial charge in [0.15, 0.2) is 0 Å². The largest absolute Gasteiger partial charge is 0.496 e. The number of methoxy groups -OCH3 is 1. The highest BCUT2D eigenvalue weighted by Crippen LogP contribution is 2.42. The lowest BCUT2D eigenvalue weighted by atomic mass is 10.0. The molecule has 0 unspecified atom stereocenters. The summed E-state index contributed by atoms with van der Waals surface area (Å²) in [6.45, 7) is 2.16. The SMILES string of the molecule is CCc1ccc(-c2c(OC)ccc3[nH]c(=O)c4sccc4c23)s1. The van der Waals surface area contributed by atoms with E-state index in [0.29, 0.717) is 0 Å². The summed E-state index contributed by atoms with van der Waals surface area (Å²) >= 11 is 3.25. The van der Waals surface area contributed by atoms with E-state index in [1.165, 1.54) is 21.1 Å². The number of thiophene rings is 2. The van der Waals surface area contributed by atoms with Crippen molar-refractivity contribution < 1.29 is 4.74 Å². The van der Waals surface area contributed by atoms with Crippen LogP contribution in [-0.2, 0) is 6.42 Å². The molecule has 0 aliphatic heterocycles. The van der Waals surface area contributed by atoms with Crippen molar-refractivity contribution in [3.8, 4) is 16.2 Å². The number of fused-ring (bicyclic) bond motifs is 3. The minimum atomic E-state index is -0.0287. The van der Waals surface area contributed by atoms with Crippen molar-refractivity contribution in [3.05, 3.63) is 50.9 Å². The summed E-state index contributed by atoms with van der Waals surface area (Å²) in [6, 6.07) is 10.2. The van der Waals surface area contributed by atoms with E-state index in [1.807, 2.05) is 23.6 Å². The van der Waals surface area contributed by atoms with E-state index >= 15 is 0 Å². The summed E-state index contributed by atoms with van der Waals surface area (Å²) in [4.78, 5) is 17.7. The third-order valence-electron chi connectivity index (χ3n) is 4.03. The van der Waals surface area contributed by atoms with Crippen LogP contribution in [0.2, 0.25) is 0 Å². The third kappa shape index (κ3) is 2.19. The zero-order valence-electron chi connectivity index (χ0n) is 12.8. The third-order valence-corrected chi connectivity index (χ3v) is 6.19. The van der Waals surface area contributed by atoms with E-state index in [1.54, 1.807) is 18.4 Å². The van der Waals surface area contributed by atoms with Gasteiger partial charge in [0.2, 0.25) is 0 Å². The molecule has 4 aromatic rings. The van der Waals surface area contributed by atoms with Crippen LogP contribution in [-0.4, -0.2) is 12.1 Å². The molecular formula is C18H15NO2S2. The first kappa shape index (κ1) is 14.5. The molecule has 0 aliphatic carbocycles. The van der Waals surface area contributed by atoms with E-state index in [4.69, 9.17) is 4.74 Å². The first-order valence-electron chi connectivity index (χ1n) is 7.42. The summed E-state index contributed by atoms with van der Waals surface area (Å²) < 4.78 is 6.39. The minimum absolute atomic E-state index is 0.0287. The predicted octanol–water partition coefficient (Wildman–Crippen LogP) is 5.04. The van der Waals surface area contributed by atoms with Gasteiger partial charge in [-0.1, -0.05) is 6.92 Å². The highest BCUT2D eigenvalue weighted by molar-refractivity contribution is 7.17. The molecule has 3 heterocycles. The van der Waals surface area contributed by atoms with Gasteiger partial charge in [-0.25, -0.2) is 0 Å². The zero-order chi connectivity index (χ0) is 16.0. The van der Waals surface area contributed by atoms with Gasteiger partial charge in [0.25, 0.3) is 5.56 Å². The Labute approximate surface area is 141 Å². The molecule has 1 aromatic carbocycles. The molecule has 0 bridgehead atoms. The number of benzene rings is 1. The van der Waals surface area contributed by atoms with E-state index in [9.17, 15) is 4.79 Å². The standard InChI is InChI=1S/C18H15NO2S2/c1-3-10-4-7-14(23-10)16-13(21-2)6-5-12-15(16)11-8-9-22-17(11)18(20)19-12/h4-9H,3H2,1-2H3,(H,19,20). The van der Waals surface area contributed by atoms with Crippen LogP contribution in [0.4, 0.5) is 0 Å². The Balaban J connectivity index is 2.19. The molecule has 116 valence electrons. The van der Waals surface area contributed by atoms with Crippen LogP contribution < -0.4 is 10.3 Å². The second-order valence-corrected chi connectivity index (χ2v) is 7.39. The fourth-order valence-corrected chi connectivity index (χ4v) is 4.74. The van der Waals surface area contributed by atoms with E-state index < -0.39 is 0 Å². The number of pyridine rings is 1. The smallest absolute Gasteiger partial charge is 0.266 e. The molecule has 0 atom stereocenters. The molecule has 0 radical (unpaired) electrons. The monoisotopic (exact) mass is 341 g/mol. The van der Waals surface area contributed by atoms with Crippen molar-refractivity contribution in [2.45, 2.75) is 13.3 Å². The normalized spacial score (nSPS) is 11.4. The maximum Gasteiger partial charge on any atom is 0.266 e. The maximum atomic E-state index is 12.2. The fourth-order valence-electron chi connectivity index (χ4n) is 2.95. The van der Waals surface area contributed by atoms with Gasteiger partial charge in [0.1, 0.15) is 10.4 Å². The van der Waals surface area contributed by atoms with E-state index in [2.05, 4.69) is 24.0 Å². The Hall–Kier alpha value is -2.11. The Morgan fingerprint density at radius 1 is 1.17 bits per heavy atom. The second kappa shape index (κ2) is 5.51. The predicted molar refractivity (Wildman–Crippen MR) is 99.2 cm³/mol. The highest BCUT2D eigenvalue weighted by Gasteiger charge is 2.17. The lowest BCUT2D eigenvalue weighted by Gasteiger charge is -2.11. The lowest BCUT2D eigenvalue weighted by Crippen LogP contribution is -2.04. The van der Waals surface area contributed by atoms with Gasteiger partial charge in [0.05, 0.1) is 7.11 Å². The summed E-state index contributed by atoms with van der Waals surface area (Å²) in [5, 5.41) is 4.02. The van der Waals surface area contributed by atoms with Gasteiger partial charge >= 0.3 is 0 Å². The maximum absolute atomic E-state index is 12.2. The molecule has 3 aromatic heterocycles. The summed E-state index contributed by atoms with van der Waals surface area (Å²) in [5.41, 5.74) is 1.89. The van der Waals surface area contributed by atoms with Gasteiger partial charge in [-0.3, -0.25) is 4.79 Å². The van der Waals surface area contributed by atoms with Crippen LogP contribution in [0.3, 0.4) is 0 Å². The van der Waals surface area contributed by atoms with Crippen LogP contribution in [0.15, 0.2) is 40.5 Å². The molecule has 0 saturated carbocycles.